The Balaban J connectivity index is 1.49. The number of aliphatic hydroxyl groups is 1. The van der Waals surface area contributed by atoms with Crippen LogP contribution in [-0.2, 0) is 16.6 Å². The van der Waals surface area contributed by atoms with Crippen molar-refractivity contribution in [2.45, 2.75) is 23.6 Å². The molecular weight excluding hydrogens is 368 g/mol. The molecular formula is C18H20N4O4S. The van der Waals surface area contributed by atoms with Gasteiger partial charge in [-0.05, 0) is 47.2 Å². The Hall–Kier alpha value is -2.33. The zero-order valence-electron chi connectivity index (χ0n) is 14.8. The van der Waals surface area contributed by atoms with Crippen molar-refractivity contribution in [2.75, 3.05) is 20.1 Å². The van der Waals surface area contributed by atoms with Crippen molar-refractivity contribution in [1.29, 1.82) is 0 Å². The molecule has 1 aliphatic heterocycles. The van der Waals surface area contributed by atoms with Crippen molar-refractivity contribution < 1.29 is 18.2 Å². The van der Waals surface area contributed by atoms with Crippen LogP contribution in [0.5, 0.6) is 0 Å². The summed E-state index contributed by atoms with van der Waals surface area (Å²) < 4.78 is 31.6. The number of β-amino-alcohol motifs (C(OH)–C–C–N with tert-alkyl or cyclic N) is 1. The third-order valence-corrected chi connectivity index (χ3v) is 6.77. The van der Waals surface area contributed by atoms with E-state index in [1.165, 1.54) is 4.31 Å². The molecule has 1 aliphatic rings. The van der Waals surface area contributed by atoms with Crippen LogP contribution in [0.4, 0.5) is 0 Å². The van der Waals surface area contributed by atoms with Crippen LogP contribution in [0.25, 0.3) is 11.0 Å². The summed E-state index contributed by atoms with van der Waals surface area (Å²) in [5.74, 6) is 0. The van der Waals surface area contributed by atoms with Crippen molar-refractivity contribution >= 4 is 21.1 Å². The fourth-order valence-electron chi connectivity index (χ4n) is 3.44. The minimum atomic E-state index is -3.62. The molecule has 1 fully saturated rings. The molecule has 2 atom stereocenters. The van der Waals surface area contributed by atoms with E-state index in [0.29, 0.717) is 17.6 Å². The molecule has 0 radical (unpaired) electrons. The Morgan fingerprint density at radius 3 is 2.67 bits per heavy atom. The zero-order chi connectivity index (χ0) is 19.0. The summed E-state index contributed by atoms with van der Waals surface area (Å²) in [7, 11) is -1.74. The molecule has 0 unspecified atom stereocenters. The Labute approximate surface area is 157 Å². The van der Waals surface area contributed by atoms with E-state index < -0.39 is 16.1 Å². The summed E-state index contributed by atoms with van der Waals surface area (Å²) in [5.41, 5.74) is 2.33. The molecule has 0 aliphatic carbocycles. The van der Waals surface area contributed by atoms with Gasteiger partial charge in [0.05, 0.1) is 17.0 Å². The maximum absolute atomic E-state index is 12.8. The predicted molar refractivity (Wildman–Crippen MR) is 98.3 cm³/mol. The largest absolute Gasteiger partial charge is 0.390 e. The number of hydrogen-bond acceptors (Lipinski definition) is 7. The van der Waals surface area contributed by atoms with E-state index in [1.54, 1.807) is 30.3 Å². The topological polar surface area (TPSA) is 99.8 Å². The molecule has 2 aromatic carbocycles. The highest BCUT2D eigenvalue weighted by Gasteiger charge is 2.40. The fraction of sp³-hybridized carbons (Fsp3) is 0.333. The van der Waals surface area contributed by atoms with E-state index in [1.807, 2.05) is 30.1 Å². The average Bonchev–Trinajstić information content (AvgIpc) is 3.28. The monoisotopic (exact) mass is 388 g/mol. The highest BCUT2D eigenvalue weighted by molar-refractivity contribution is 7.89. The standard InChI is InChI=1S/C18H20N4O4S/c1-21(10-13-7-8-15-16(9-13)20-26-19-15)17-11-22(12-18(17)23)27(24,25)14-5-3-2-4-6-14/h2-9,17-18,23H,10-12H2,1H3/t17-,18-/m0/s1. The van der Waals surface area contributed by atoms with Gasteiger partial charge >= 0.3 is 0 Å². The van der Waals surface area contributed by atoms with Gasteiger partial charge in [0, 0.05) is 19.6 Å². The molecule has 1 aromatic heterocycles. The zero-order valence-corrected chi connectivity index (χ0v) is 15.6. The fourth-order valence-corrected chi connectivity index (χ4v) is 4.93. The second-order valence-corrected chi connectivity index (χ2v) is 8.71. The van der Waals surface area contributed by atoms with Gasteiger partial charge in [-0.2, -0.15) is 4.31 Å². The first-order valence-electron chi connectivity index (χ1n) is 8.60. The maximum atomic E-state index is 12.8. The van der Waals surface area contributed by atoms with Crippen LogP contribution < -0.4 is 0 Å². The van der Waals surface area contributed by atoms with E-state index in [-0.39, 0.29) is 24.0 Å². The minimum absolute atomic E-state index is 0.0818. The van der Waals surface area contributed by atoms with Gasteiger partial charge in [0.2, 0.25) is 10.0 Å². The molecule has 0 spiro atoms. The summed E-state index contributed by atoms with van der Waals surface area (Å²) >= 11 is 0. The summed E-state index contributed by atoms with van der Waals surface area (Å²) in [5, 5.41) is 18.1. The first-order valence-corrected chi connectivity index (χ1v) is 10.0. The number of hydrogen-bond donors (Lipinski definition) is 1. The van der Waals surface area contributed by atoms with E-state index in [4.69, 9.17) is 4.63 Å². The third kappa shape index (κ3) is 3.46. The molecule has 9 heteroatoms. The van der Waals surface area contributed by atoms with Crippen molar-refractivity contribution in [1.82, 2.24) is 19.5 Å². The highest BCUT2D eigenvalue weighted by atomic mass is 32.2. The number of rotatable bonds is 5. The summed E-state index contributed by atoms with van der Waals surface area (Å²) in [6, 6.07) is 13.6. The van der Waals surface area contributed by atoms with E-state index in [0.717, 1.165) is 5.56 Å². The second kappa shape index (κ2) is 7.01. The molecule has 0 bridgehead atoms. The molecule has 1 N–H and O–H groups in total. The Morgan fingerprint density at radius 1 is 1.15 bits per heavy atom. The molecule has 27 heavy (non-hydrogen) atoms. The van der Waals surface area contributed by atoms with Gasteiger partial charge in [-0.1, -0.05) is 24.3 Å². The summed E-state index contributed by atoms with van der Waals surface area (Å²) in [6.45, 7) is 0.866. The number of likely N-dealkylation sites (N-methyl/N-ethyl adjacent to an activating group) is 1. The van der Waals surface area contributed by atoms with Crippen molar-refractivity contribution in [3.05, 3.63) is 54.1 Å². The lowest BCUT2D eigenvalue weighted by Gasteiger charge is -2.26. The number of fused-ring (bicyclic) bond motifs is 1. The van der Waals surface area contributed by atoms with Gasteiger partial charge in [-0.25, -0.2) is 13.0 Å². The van der Waals surface area contributed by atoms with Gasteiger partial charge in [0.1, 0.15) is 11.0 Å². The Kier molecular flexibility index (Phi) is 4.68. The Morgan fingerprint density at radius 2 is 1.89 bits per heavy atom. The molecule has 2 heterocycles. The van der Waals surface area contributed by atoms with Gasteiger partial charge < -0.3 is 5.11 Å². The number of nitrogens with zero attached hydrogens (tertiary/aromatic N) is 4. The lowest BCUT2D eigenvalue weighted by molar-refractivity contribution is 0.0953. The second-order valence-electron chi connectivity index (χ2n) is 6.77. The van der Waals surface area contributed by atoms with Crippen LogP contribution in [0.1, 0.15) is 5.56 Å². The van der Waals surface area contributed by atoms with Crippen LogP contribution in [0.2, 0.25) is 0 Å². The molecule has 3 aromatic rings. The summed E-state index contributed by atoms with van der Waals surface area (Å²) in [4.78, 5) is 2.20. The average molecular weight is 388 g/mol. The minimum Gasteiger partial charge on any atom is -0.390 e. The third-order valence-electron chi connectivity index (χ3n) is 4.92. The Bertz CT molecular complexity index is 1040. The highest BCUT2D eigenvalue weighted by Crippen LogP contribution is 2.24. The van der Waals surface area contributed by atoms with Crippen LogP contribution in [0.15, 0.2) is 58.1 Å². The van der Waals surface area contributed by atoms with Crippen LogP contribution in [-0.4, -0.2) is 65.3 Å². The lowest BCUT2D eigenvalue weighted by Crippen LogP contribution is -2.40. The van der Waals surface area contributed by atoms with Crippen LogP contribution in [0.3, 0.4) is 0 Å². The summed E-state index contributed by atoms with van der Waals surface area (Å²) in [6.07, 6.45) is -0.758. The van der Waals surface area contributed by atoms with Crippen molar-refractivity contribution in [3.8, 4) is 0 Å². The smallest absolute Gasteiger partial charge is 0.243 e. The van der Waals surface area contributed by atoms with E-state index in [2.05, 4.69) is 10.3 Å². The molecule has 1 saturated heterocycles. The lowest BCUT2D eigenvalue weighted by atomic mass is 10.1. The number of aliphatic hydroxyl groups excluding tert-OH is 1. The molecule has 8 nitrogen and oxygen atoms in total. The molecule has 0 amide bonds. The first-order chi connectivity index (χ1) is 12.9. The molecule has 4 rings (SSSR count). The van der Waals surface area contributed by atoms with E-state index in [9.17, 15) is 13.5 Å². The first kappa shape index (κ1) is 18.1. The normalized spacial score (nSPS) is 21.3. The van der Waals surface area contributed by atoms with Crippen LogP contribution in [0, 0.1) is 0 Å². The van der Waals surface area contributed by atoms with Crippen molar-refractivity contribution in [3.63, 3.8) is 0 Å². The number of sulfonamides is 1. The number of benzene rings is 2. The van der Waals surface area contributed by atoms with Gasteiger partial charge in [0.25, 0.3) is 0 Å². The molecule has 0 saturated carbocycles. The predicted octanol–water partition coefficient (Wildman–Crippen LogP) is 1.09. The SMILES string of the molecule is CN(Cc1ccc2nonc2c1)[C@H]1CN(S(=O)(=O)c2ccccc2)C[C@@H]1O. The number of aromatic nitrogens is 2. The van der Waals surface area contributed by atoms with Crippen molar-refractivity contribution in [2.24, 2.45) is 0 Å². The van der Waals surface area contributed by atoms with Gasteiger partial charge in [-0.15, -0.1) is 0 Å². The van der Waals surface area contributed by atoms with Crippen LogP contribution >= 0.6 is 0 Å². The quantitative estimate of drug-likeness (QED) is 0.698. The van der Waals surface area contributed by atoms with Gasteiger partial charge in [0.15, 0.2) is 0 Å². The molecule has 142 valence electrons. The van der Waals surface area contributed by atoms with E-state index >= 15 is 0 Å². The van der Waals surface area contributed by atoms with Gasteiger partial charge in [-0.3, -0.25) is 4.90 Å². The maximum Gasteiger partial charge on any atom is 0.243 e.